The van der Waals surface area contributed by atoms with Crippen LogP contribution >= 0.6 is 22.9 Å². The van der Waals surface area contributed by atoms with Crippen LogP contribution in [-0.2, 0) is 9.53 Å². The number of hydrogen-bond donors (Lipinski definition) is 2. The molecular formula is C17H15ClN2O3S. The van der Waals surface area contributed by atoms with Crippen LogP contribution < -0.4 is 5.32 Å². The number of hydrogen-bond acceptors (Lipinski definition) is 4. The SMILES string of the molecule is COC(=O)CC(NC(=O)c1cc2cc(Cl)ccc2[nH]1)c1cccs1. The molecule has 7 heteroatoms. The van der Waals surface area contributed by atoms with E-state index >= 15 is 0 Å². The van der Waals surface area contributed by atoms with Crippen molar-refractivity contribution in [2.45, 2.75) is 12.5 Å². The fourth-order valence-corrected chi connectivity index (χ4v) is 3.38. The number of fused-ring (bicyclic) bond motifs is 1. The highest BCUT2D eigenvalue weighted by atomic mass is 35.5. The summed E-state index contributed by atoms with van der Waals surface area (Å²) in [5.74, 6) is -0.665. The lowest BCUT2D eigenvalue weighted by atomic mass is 10.1. The number of H-pyrrole nitrogens is 1. The molecular weight excluding hydrogens is 348 g/mol. The van der Waals surface area contributed by atoms with E-state index < -0.39 is 6.04 Å². The largest absolute Gasteiger partial charge is 0.469 e. The van der Waals surface area contributed by atoms with E-state index in [9.17, 15) is 9.59 Å². The Labute approximate surface area is 147 Å². The van der Waals surface area contributed by atoms with Crippen molar-refractivity contribution in [1.29, 1.82) is 0 Å². The van der Waals surface area contributed by atoms with Crippen molar-refractivity contribution in [2.24, 2.45) is 0 Å². The van der Waals surface area contributed by atoms with E-state index in [1.165, 1.54) is 18.4 Å². The number of rotatable bonds is 5. The Morgan fingerprint density at radius 2 is 2.17 bits per heavy atom. The highest BCUT2D eigenvalue weighted by molar-refractivity contribution is 7.10. The maximum Gasteiger partial charge on any atom is 0.307 e. The first-order valence-corrected chi connectivity index (χ1v) is 8.52. The fourth-order valence-electron chi connectivity index (χ4n) is 2.42. The summed E-state index contributed by atoms with van der Waals surface area (Å²) in [5.41, 5.74) is 1.24. The zero-order valence-corrected chi connectivity index (χ0v) is 14.4. The van der Waals surface area contributed by atoms with Crippen LogP contribution in [0.25, 0.3) is 10.9 Å². The van der Waals surface area contributed by atoms with E-state index in [0.717, 1.165) is 15.8 Å². The van der Waals surface area contributed by atoms with Gasteiger partial charge in [-0.05, 0) is 35.7 Å². The summed E-state index contributed by atoms with van der Waals surface area (Å²) >= 11 is 7.45. The summed E-state index contributed by atoms with van der Waals surface area (Å²) in [6, 6.07) is 10.4. The molecule has 0 aliphatic carbocycles. The molecule has 0 fully saturated rings. The Bertz CT molecular complexity index is 873. The van der Waals surface area contributed by atoms with E-state index in [-0.39, 0.29) is 18.3 Å². The summed E-state index contributed by atoms with van der Waals surface area (Å²) in [5, 5.41) is 6.24. The van der Waals surface area contributed by atoms with Crippen molar-refractivity contribution in [2.75, 3.05) is 7.11 Å². The van der Waals surface area contributed by atoms with Crippen LogP contribution in [0, 0.1) is 0 Å². The second kappa shape index (κ2) is 7.07. The van der Waals surface area contributed by atoms with Crippen molar-refractivity contribution in [3.05, 3.63) is 57.4 Å². The third-order valence-corrected chi connectivity index (χ3v) is 4.84. The molecule has 5 nitrogen and oxygen atoms in total. The van der Waals surface area contributed by atoms with Gasteiger partial charge in [0.1, 0.15) is 5.69 Å². The molecule has 0 bridgehead atoms. The molecule has 124 valence electrons. The molecule has 2 aromatic heterocycles. The third kappa shape index (κ3) is 3.60. The highest BCUT2D eigenvalue weighted by Gasteiger charge is 2.21. The van der Waals surface area contributed by atoms with Crippen molar-refractivity contribution >= 4 is 45.7 Å². The van der Waals surface area contributed by atoms with Gasteiger partial charge in [0.05, 0.1) is 19.6 Å². The molecule has 0 radical (unpaired) electrons. The lowest BCUT2D eigenvalue weighted by molar-refractivity contribution is -0.141. The lowest BCUT2D eigenvalue weighted by Crippen LogP contribution is -2.30. The predicted octanol–water partition coefficient (Wildman–Crippen LogP) is 3.92. The lowest BCUT2D eigenvalue weighted by Gasteiger charge is -2.15. The molecule has 24 heavy (non-hydrogen) atoms. The molecule has 3 aromatic rings. The van der Waals surface area contributed by atoms with Gasteiger partial charge in [0.25, 0.3) is 5.91 Å². The van der Waals surface area contributed by atoms with Crippen LogP contribution in [0.15, 0.2) is 41.8 Å². The number of halogens is 1. The minimum atomic E-state index is -0.431. The number of thiophene rings is 1. The van der Waals surface area contributed by atoms with Gasteiger partial charge in [0.15, 0.2) is 0 Å². The number of ether oxygens (including phenoxy) is 1. The van der Waals surface area contributed by atoms with Crippen molar-refractivity contribution in [3.8, 4) is 0 Å². The van der Waals surface area contributed by atoms with Crippen LogP contribution in [0.1, 0.15) is 27.8 Å². The molecule has 0 aliphatic heterocycles. The summed E-state index contributed by atoms with van der Waals surface area (Å²) < 4.78 is 4.72. The summed E-state index contributed by atoms with van der Waals surface area (Å²) in [6.07, 6.45) is 0.0782. The molecule has 2 N–H and O–H groups in total. The first kappa shape index (κ1) is 16.5. The van der Waals surface area contributed by atoms with Crippen molar-refractivity contribution < 1.29 is 14.3 Å². The molecule has 2 heterocycles. The molecule has 1 unspecified atom stereocenters. The van der Waals surface area contributed by atoms with Gasteiger partial charge in [-0.15, -0.1) is 11.3 Å². The summed E-state index contributed by atoms with van der Waals surface area (Å²) in [6.45, 7) is 0. The van der Waals surface area contributed by atoms with Crippen molar-refractivity contribution in [1.82, 2.24) is 10.3 Å². The average molecular weight is 363 g/mol. The molecule has 0 saturated carbocycles. The van der Waals surface area contributed by atoms with Gasteiger partial charge in [0, 0.05) is 20.8 Å². The second-order valence-electron chi connectivity index (χ2n) is 5.24. The maximum atomic E-state index is 12.6. The van der Waals surface area contributed by atoms with E-state index in [0.29, 0.717) is 10.7 Å². The number of nitrogens with one attached hydrogen (secondary N) is 2. The highest BCUT2D eigenvalue weighted by Crippen LogP contribution is 2.24. The molecule has 1 amide bonds. The van der Waals surface area contributed by atoms with Crippen LogP contribution in [0.4, 0.5) is 0 Å². The number of carbonyl (C=O) groups excluding carboxylic acids is 2. The quantitative estimate of drug-likeness (QED) is 0.676. The first-order chi connectivity index (χ1) is 11.6. The standard InChI is InChI=1S/C17H15ClN2O3S/c1-23-16(21)9-13(15-3-2-6-24-15)20-17(22)14-8-10-7-11(18)4-5-12(10)19-14/h2-8,13,19H,9H2,1H3,(H,20,22). The Hall–Kier alpha value is -2.31. The van der Waals surface area contributed by atoms with Gasteiger partial charge in [-0.1, -0.05) is 17.7 Å². The van der Waals surface area contributed by atoms with Crippen LogP contribution in [0.5, 0.6) is 0 Å². The van der Waals surface area contributed by atoms with Crippen LogP contribution in [0.3, 0.4) is 0 Å². The predicted molar refractivity (Wildman–Crippen MR) is 94.5 cm³/mol. The fraction of sp³-hybridized carbons (Fsp3) is 0.176. The van der Waals surface area contributed by atoms with Gasteiger partial charge < -0.3 is 15.0 Å². The molecule has 0 saturated heterocycles. The van der Waals surface area contributed by atoms with E-state index in [1.54, 1.807) is 18.2 Å². The minimum Gasteiger partial charge on any atom is -0.469 e. The monoisotopic (exact) mass is 362 g/mol. The van der Waals surface area contributed by atoms with Gasteiger partial charge in [-0.2, -0.15) is 0 Å². The maximum absolute atomic E-state index is 12.6. The van der Waals surface area contributed by atoms with Gasteiger partial charge >= 0.3 is 5.97 Å². The molecule has 0 spiro atoms. The van der Waals surface area contributed by atoms with Crippen molar-refractivity contribution in [3.63, 3.8) is 0 Å². The zero-order valence-electron chi connectivity index (χ0n) is 12.8. The van der Waals surface area contributed by atoms with E-state index in [2.05, 4.69) is 10.3 Å². The molecule has 0 aliphatic rings. The smallest absolute Gasteiger partial charge is 0.307 e. The number of methoxy groups -OCH3 is 1. The van der Waals surface area contributed by atoms with Gasteiger partial charge in [0.2, 0.25) is 0 Å². The Morgan fingerprint density at radius 1 is 1.33 bits per heavy atom. The van der Waals surface area contributed by atoms with E-state index in [1.807, 2.05) is 23.6 Å². The number of aromatic nitrogens is 1. The topological polar surface area (TPSA) is 71.2 Å². The van der Waals surface area contributed by atoms with Gasteiger partial charge in [-0.3, -0.25) is 9.59 Å². The number of benzene rings is 1. The Balaban J connectivity index is 1.82. The number of amides is 1. The molecule has 1 atom stereocenters. The number of carbonyl (C=O) groups is 2. The minimum absolute atomic E-state index is 0.0782. The average Bonchev–Trinajstić information content (AvgIpc) is 3.22. The number of aromatic amines is 1. The zero-order chi connectivity index (χ0) is 17.1. The second-order valence-corrected chi connectivity index (χ2v) is 6.65. The first-order valence-electron chi connectivity index (χ1n) is 7.26. The summed E-state index contributed by atoms with van der Waals surface area (Å²) in [4.78, 5) is 28.1. The Kier molecular flexibility index (Phi) is 4.87. The normalized spacial score (nSPS) is 12.1. The summed E-state index contributed by atoms with van der Waals surface area (Å²) in [7, 11) is 1.33. The number of esters is 1. The Morgan fingerprint density at radius 3 is 2.88 bits per heavy atom. The van der Waals surface area contributed by atoms with E-state index in [4.69, 9.17) is 16.3 Å². The molecule has 1 aromatic carbocycles. The molecule has 3 rings (SSSR count). The van der Waals surface area contributed by atoms with Crippen LogP contribution in [-0.4, -0.2) is 24.0 Å². The third-order valence-electron chi connectivity index (χ3n) is 3.62. The van der Waals surface area contributed by atoms with Gasteiger partial charge in [-0.25, -0.2) is 0 Å². The van der Waals surface area contributed by atoms with Crippen LogP contribution in [0.2, 0.25) is 5.02 Å².